The number of ketones is 2. The Morgan fingerprint density at radius 3 is 2.00 bits per heavy atom. The number of nitrogen functional groups attached to an aromatic ring is 1. The van der Waals surface area contributed by atoms with Gasteiger partial charge in [-0.15, -0.1) is 0 Å². The average molecular weight is 332 g/mol. The summed E-state index contributed by atoms with van der Waals surface area (Å²) in [5.41, 5.74) is 6.95. The fraction of sp³-hybridized carbons (Fsp3) is 0. The highest BCUT2D eigenvalue weighted by atomic mass is 19.1. The first-order valence-corrected chi connectivity index (χ1v) is 7.70. The third-order valence-electron chi connectivity index (χ3n) is 4.24. The summed E-state index contributed by atoms with van der Waals surface area (Å²) in [6.07, 6.45) is 0. The van der Waals surface area contributed by atoms with Crippen LogP contribution in [0.15, 0.2) is 60.7 Å². The van der Waals surface area contributed by atoms with Gasteiger partial charge in [-0.2, -0.15) is 0 Å². The lowest BCUT2D eigenvalue weighted by molar-refractivity contribution is 0.0980. The van der Waals surface area contributed by atoms with Gasteiger partial charge in [0.05, 0.1) is 22.5 Å². The maximum Gasteiger partial charge on any atom is 0.196 e. The molecule has 0 unspecified atom stereocenters. The van der Waals surface area contributed by atoms with Gasteiger partial charge in [-0.1, -0.05) is 42.5 Å². The topological polar surface area (TPSA) is 72.2 Å². The van der Waals surface area contributed by atoms with Crippen molar-refractivity contribution in [2.75, 3.05) is 11.1 Å². The highest BCUT2D eigenvalue weighted by Crippen LogP contribution is 2.37. The van der Waals surface area contributed by atoms with E-state index in [2.05, 4.69) is 5.32 Å². The Hall–Kier alpha value is -3.47. The fourth-order valence-corrected chi connectivity index (χ4v) is 3.06. The highest BCUT2D eigenvalue weighted by Gasteiger charge is 2.34. The van der Waals surface area contributed by atoms with Gasteiger partial charge in [0.15, 0.2) is 11.6 Å². The van der Waals surface area contributed by atoms with Crippen LogP contribution in [0.25, 0.3) is 0 Å². The van der Waals surface area contributed by atoms with Crippen molar-refractivity contribution < 1.29 is 14.0 Å². The summed E-state index contributed by atoms with van der Waals surface area (Å²) in [6, 6.07) is 16.7. The Balaban J connectivity index is 1.96. The second-order valence-corrected chi connectivity index (χ2v) is 5.76. The van der Waals surface area contributed by atoms with Crippen LogP contribution in [0.4, 0.5) is 21.5 Å². The maximum absolute atomic E-state index is 14.3. The van der Waals surface area contributed by atoms with Crippen molar-refractivity contribution in [2.24, 2.45) is 0 Å². The number of halogens is 1. The number of carbonyl (C=O) groups excluding carboxylic acids is 2. The molecule has 1 aliphatic carbocycles. The molecule has 1 aliphatic rings. The standard InChI is InChI=1S/C20H13FN2O2/c21-14-10-15(23-11-6-2-1-3-7-11)16-17(18(14)22)20(25)13-9-5-4-8-12(13)19(16)24/h1-10,23H,22H2. The van der Waals surface area contributed by atoms with Crippen LogP contribution in [0.2, 0.25) is 0 Å². The van der Waals surface area contributed by atoms with Crippen molar-refractivity contribution in [3.63, 3.8) is 0 Å². The molecule has 0 heterocycles. The third kappa shape index (κ3) is 2.29. The molecule has 3 N–H and O–H groups in total. The zero-order valence-electron chi connectivity index (χ0n) is 13.0. The zero-order valence-corrected chi connectivity index (χ0v) is 13.0. The van der Waals surface area contributed by atoms with Crippen LogP contribution in [0.5, 0.6) is 0 Å². The van der Waals surface area contributed by atoms with E-state index in [1.165, 1.54) is 0 Å². The van der Waals surface area contributed by atoms with Crippen molar-refractivity contribution in [1.82, 2.24) is 0 Å². The number of anilines is 3. The zero-order chi connectivity index (χ0) is 17.6. The minimum absolute atomic E-state index is 0.0814. The largest absolute Gasteiger partial charge is 0.396 e. The number of hydrogen-bond donors (Lipinski definition) is 2. The van der Waals surface area contributed by atoms with E-state index in [-0.39, 0.29) is 33.8 Å². The van der Waals surface area contributed by atoms with Crippen LogP contribution in [-0.4, -0.2) is 11.6 Å². The first-order valence-electron chi connectivity index (χ1n) is 7.70. The van der Waals surface area contributed by atoms with Crippen molar-refractivity contribution in [1.29, 1.82) is 0 Å². The molecule has 25 heavy (non-hydrogen) atoms. The van der Waals surface area contributed by atoms with E-state index < -0.39 is 11.6 Å². The molecule has 3 aromatic rings. The van der Waals surface area contributed by atoms with Crippen LogP contribution in [0, 0.1) is 5.82 Å². The molecule has 122 valence electrons. The van der Waals surface area contributed by atoms with Gasteiger partial charge in [-0.05, 0) is 12.1 Å². The van der Waals surface area contributed by atoms with Crippen LogP contribution < -0.4 is 11.1 Å². The number of benzene rings is 3. The number of fused-ring (bicyclic) bond motifs is 2. The molecule has 4 nitrogen and oxygen atoms in total. The molecule has 0 spiro atoms. The van der Waals surface area contributed by atoms with E-state index in [9.17, 15) is 14.0 Å². The minimum Gasteiger partial charge on any atom is -0.396 e. The summed E-state index contributed by atoms with van der Waals surface area (Å²) < 4.78 is 14.3. The summed E-state index contributed by atoms with van der Waals surface area (Å²) in [5, 5.41) is 3.01. The van der Waals surface area contributed by atoms with Gasteiger partial charge in [0.2, 0.25) is 0 Å². The van der Waals surface area contributed by atoms with Crippen LogP contribution in [0.1, 0.15) is 31.8 Å². The van der Waals surface area contributed by atoms with E-state index in [1.807, 2.05) is 18.2 Å². The predicted molar refractivity (Wildman–Crippen MR) is 93.8 cm³/mol. The smallest absolute Gasteiger partial charge is 0.196 e. The fourth-order valence-electron chi connectivity index (χ4n) is 3.06. The van der Waals surface area contributed by atoms with Crippen molar-refractivity contribution in [2.45, 2.75) is 0 Å². The molecule has 0 aliphatic heterocycles. The molecule has 0 fully saturated rings. The molecular formula is C20H13FN2O2. The van der Waals surface area contributed by atoms with Crippen molar-refractivity contribution >= 4 is 28.6 Å². The molecule has 0 radical (unpaired) electrons. The van der Waals surface area contributed by atoms with Gasteiger partial charge in [-0.3, -0.25) is 9.59 Å². The molecule has 0 bridgehead atoms. The van der Waals surface area contributed by atoms with Gasteiger partial charge < -0.3 is 11.1 Å². The Kier molecular flexibility index (Phi) is 3.35. The quantitative estimate of drug-likeness (QED) is 0.546. The number of rotatable bonds is 2. The monoisotopic (exact) mass is 332 g/mol. The second-order valence-electron chi connectivity index (χ2n) is 5.76. The highest BCUT2D eigenvalue weighted by molar-refractivity contribution is 6.31. The van der Waals surface area contributed by atoms with Gasteiger partial charge in [0.1, 0.15) is 5.82 Å². The maximum atomic E-state index is 14.3. The van der Waals surface area contributed by atoms with Gasteiger partial charge in [-0.25, -0.2) is 4.39 Å². The summed E-state index contributed by atoms with van der Waals surface area (Å²) in [7, 11) is 0. The minimum atomic E-state index is -0.738. The molecule has 4 rings (SSSR count). The Bertz CT molecular complexity index is 1030. The van der Waals surface area contributed by atoms with Crippen LogP contribution >= 0.6 is 0 Å². The molecule has 5 heteroatoms. The van der Waals surface area contributed by atoms with Crippen LogP contribution in [0.3, 0.4) is 0 Å². The summed E-state index contributed by atoms with van der Waals surface area (Å²) in [4.78, 5) is 25.8. The molecule has 0 saturated carbocycles. The average Bonchev–Trinajstić information content (AvgIpc) is 2.63. The molecular weight excluding hydrogens is 319 g/mol. The molecule has 0 aromatic heterocycles. The van der Waals surface area contributed by atoms with E-state index in [0.29, 0.717) is 11.3 Å². The number of nitrogens with one attached hydrogen (secondary N) is 1. The van der Waals surface area contributed by atoms with E-state index in [0.717, 1.165) is 6.07 Å². The Labute approximate surface area is 143 Å². The van der Waals surface area contributed by atoms with Crippen LogP contribution in [-0.2, 0) is 0 Å². The molecule has 0 atom stereocenters. The number of para-hydroxylation sites is 1. The normalized spacial score (nSPS) is 12.5. The van der Waals surface area contributed by atoms with Gasteiger partial charge in [0, 0.05) is 22.9 Å². The Morgan fingerprint density at radius 1 is 0.800 bits per heavy atom. The van der Waals surface area contributed by atoms with Gasteiger partial charge in [0.25, 0.3) is 0 Å². The lowest BCUT2D eigenvalue weighted by atomic mass is 9.82. The predicted octanol–water partition coefficient (Wildman–Crippen LogP) is 3.93. The summed E-state index contributed by atoms with van der Waals surface area (Å²) in [6.45, 7) is 0. The summed E-state index contributed by atoms with van der Waals surface area (Å²) >= 11 is 0. The lowest BCUT2D eigenvalue weighted by Gasteiger charge is -2.22. The number of hydrogen-bond acceptors (Lipinski definition) is 4. The lowest BCUT2D eigenvalue weighted by Crippen LogP contribution is -2.24. The van der Waals surface area contributed by atoms with E-state index >= 15 is 0 Å². The third-order valence-corrected chi connectivity index (χ3v) is 4.24. The SMILES string of the molecule is Nc1c(F)cc(Nc2ccccc2)c2c1C(=O)c1ccccc1C2=O. The Morgan fingerprint density at radius 2 is 1.36 bits per heavy atom. The number of nitrogens with two attached hydrogens (primary N) is 1. The van der Waals surface area contributed by atoms with Crippen molar-refractivity contribution in [3.8, 4) is 0 Å². The number of carbonyl (C=O) groups is 2. The first kappa shape index (κ1) is 15.1. The van der Waals surface area contributed by atoms with Gasteiger partial charge >= 0.3 is 0 Å². The first-order chi connectivity index (χ1) is 12.1. The summed E-state index contributed by atoms with van der Waals surface area (Å²) in [5.74, 6) is -1.54. The van der Waals surface area contributed by atoms with Crippen molar-refractivity contribution in [3.05, 3.63) is 88.7 Å². The van der Waals surface area contributed by atoms with E-state index in [1.54, 1.807) is 36.4 Å². The molecule has 3 aromatic carbocycles. The molecule has 0 saturated heterocycles. The van der Waals surface area contributed by atoms with E-state index in [4.69, 9.17) is 5.73 Å². The second kappa shape index (κ2) is 5.56. The molecule has 0 amide bonds.